The van der Waals surface area contributed by atoms with Crippen molar-refractivity contribution in [1.29, 1.82) is 0 Å². The molecule has 0 spiro atoms. The van der Waals surface area contributed by atoms with Gasteiger partial charge in [0.25, 0.3) is 0 Å². The van der Waals surface area contributed by atoms with Gasteiger partial charge in [-0.05, 0) is 36.1 Å². The van der Waals surface area contributed by atoms with Gasteiger partial charge in [-0.1, -0.05) is 41.9 Å². The van der Waals surface area contributed by atoms with Crippen LogP contribution in [0.2, 0.25) is 5.02 Å². The monoisotopic (exact) mass is 289 g/mol. The first kappa shape index (κ1) is 13.3. The fourth-order valence-corrected chi connectivity index (χ4v) is 2.72. The van der Waals surface area contributed by atoms with Gasteiger partial charge in [-0.3, -0.25) is 0 Å². The summed E-state index contributed by atoms with van der Waals surface area (Å²) < 4.78 is 10.7. The van der Waals surface area contributed by atoms with E-state index in [9.17, 15) is 0 Å². The average molecular weight is 290 g/mol. The molecule has 0 aromatic heterocycles. The van der Waals surface area contributed by atoms with Gasteiger partial charge in [-0.15, -0.1) is 0 Å². The van der Waals surface area contributed by atoms with E-state index < -0.39 is 0 Å². The van der Waals surface area contributed by atoms with Gasteiger partial charge in [0.1, 0.15) is 0 Å². The van der Waals surface area contributed by atoms with Crippen LogP contribution in [0, 0.1) is 0 Å². The van der Waals surface area contributed by atoms with E-state index in [-0.39, 0.29) is 12.8 Å². The van der Waals surface area contributed by atoms with Crippen LogP contribution >= 0.6 is 11.6 Å². The van der Waals surface area contributed by atoms with Gasteiger partial charge in [-0.2, -0.15) is 0 Å². The van der Waals surface area contributed by atoms with Crippen molar-refractivity contribution >= 4 is 11.6 Å². The topological polar surface area (TPSA) is 44.5 Å². The third-order valence-electron chi connectivity index (χ3n) is 3.33. The maximum Gasteiger partial charge on any atom is 0.231 e. The Balaban J connectivity index is 1.70. The molecule has 20 heavy (non-hydrogen) atoms. The molecule has 0 bridgehead atoms. The molecule has 0 saturated heterocycles. The Kier molecular flexibility index (Phi) is 3.81. The number of nitrogens with two attached hydrogens (primary N) is 1. The first-order valence-electron chi connectivity index (χ1n) is 6.60. The van der Waals surface area contributed by atoms with E-state index in [2.05, 4.69) is 12.1 Å². The van der Waals surface area contributed by atoms with Gasteiger partial charge in [0, 0.05) is 6.04 Å². The van der Waals surface area contributed by atoms with Crippen molar-refractivity contribution < 1.29 is 9.47 Å². The van der Waals surface area contributed by atoms with Crippen molar-refractivity contribution in [2.45, 2.75) is 18.9 Å². The lowest BCUT2D eigenvalue weighted by atomic mass is 9.99. The summed E-state index contributed by atoms with van der Waals surface area (Å²) in [6.07, 6.45) is 1.60. The molecule has 2 aromatic carbocycles. The summed E-state index contributed by atoms with van der Waals surface area (Å²) in [4.78, 5) is 0. The zero-order valence-electron chi connectivity index (χ0n) is 11.0. The second-order valence-electron chi connectivity index (χ2n) is 4.97. The van der Waals surface area contributed by atoms with Crippen LogP contribution < -0.4 is 15.2 Å². The normalized spacial score (nSPS) is 14.3. The van der Waals surface area contributed by atoms with E-state index in [1.165, 1.54) is 5.56 Å². The first-order chi connectivity index (χ1) is 9.72. The summed E-state index contributed by atoms with van der Waals surface area (Å²) >= 11 is 6.17. The summed E-state index contributed by atoms with van der Waals surface area (Å²) in [5.41, 5.74) is 8.53. The Hall–Kier alpha value is -1.71. The van der Waals surface area contributed by atoms with Crippen LogP contribution in [-0.4, -0.2) is 12.8 Å². The average Bonchev–Trinajstić information content (AvgIpc) is 2.88. The predicted octanol–water partition coefficient (Wildman–Crippen LogP) is 3.18. The van der Waals surface area contributed by atoms with Gasteiger partial charge in [0.2, 0.25) is 6.79 Å². The SMILES string of the molecule is NC(Cc1ccccc1)Cc1cc(Cl)c2c(c1)OCO2. The second kappa shape index (κ2) is 5.73. The molecule has 1 aliphatic rings. The molecule has 0 aliphatic carbocycles. The van der Waals surface area contributed by atoms with Crippen molar-refractivity contribution in [2.75, 3.05) is 6.79 Å². The number of hydrogen-bond donors (Lipinski definition) is 1. The molecule has 1 unspecified atom stereocenters. The van der Waals surface area contributed by atoms with E-state index in [1.54, 1.807) is 0 Å². The molecular formula is C16H16ClNO2. The van der Waals surface area contributed by atoms with Crippen molar-refractivity contribution in [1.82, 2.24) is 0 Å². The van der Waals surface area contributed by atoms with Crippen molar-refractivity contribution in [3.05, 3.63) is 58.6 Å². The second-order valence-corrected chi connectivity index (χ2v) is 5.37. The van der Waals surface area contributed by atoms with Gasteiger partial charge < -0.3 is 15.2 Å². The van der Waals surface area contributed by atoms with Crippen molar-refractivity contribution in [3.63, 3.8) is 0 Å². The minimum absolute atomic E-state index is 0.0499. The highest BCUT2D eigenvalue weighted by Crippen LogP contribution is 2.40. The fourth-order valence-electron chi connectivity index (χ4n) is 2.43. The molecule has 3 rings (SSSR count). The molecule has 0 fully saturated rings. The molecule has 0 radical (unpaired) electrons. The molecule has 104 valence electrons. The van der Waals surface area contributed by atoms with Gasteiger partial charge in [0.05, 0.1) is 5.02 Å². The quantitative estimate of drug-likeness (QED) is 0.940. The van der Waals surface area contributed by atoms with Crippen LogP contribution in [0.3, 0.4) is 0 Å². The minimum atomic E-state index is 0.0499. The Labute approximate surface area is 123 Å². The summed E-state index contributed by atoms with van der Waals surface area (Å²) in [5.74, 6) is 1.34. The van der Waals surface area contributed by atoms with Crippen LogP contribution in [0.25, 0.3) is 0 Å². The van der Waals surface area contributed by atoms with Crippen LogP contribution in [-0.2, 0) is 12.8 Å². The lowest BCUT2D eigenvalue weighted by Crippen LogP contribution is -2.25. The molecule has 2 N–H and O–H groups in total. The maximum atomic E-state index is 6.22. The van der Waals surface area contributed by atoms with Crippen LogP contribution in [0.15, 0.2) is 42.5 Å². The fraction of sp³-hybridized carbons (Fsp3) is 0.250. The van der Waals surface area contributed by atoms with Crippen molar-refractivity contribution in [2.24, 2.45) is 5.73 Å². The number of hydrogen-bond acceptors (Lipinski definition) is 3. The maximum absolute atomic E-state index is 6.22. The molecule has 0 amide bonds. The lowest BCUT2D eigenvalue weighted by Gasteiger charge is -2.12. The van der Waals surface area contributed by atoms with Crippen molar-refractivity contribution in [3.8, 4) is 11.5 Å². The number of benzene rings is 2. The Morgan fingerprint density at radius 3 is 2.60 bits per heavy atom. The number of fused-ring (bicyclic) bond motifs is 1. The summed E-state index contributed by atoms with van der Waals surface area (Å²) in [5, 5.41) is 0.585. The number of ether oxygens (including phenoxy) is 2. The molecule has 2 aromatic rings. The molecule has 1 heterocycles. The molecule has 3 nitrogen and oxygen atoms in total. The smallest absolute Gasteiger partial charge is 0.231 e. The van der Waals surface area contributed by atoms with E-state index >= 15 is 0 Å². The largest absolute Gasteiger partial charge is 0.454 e. The molecule has 4 heteroatoms. The molecule has 1 aliphatic heterocycles. The highest BCUT2D eigenvalue weighted by molar-refractivity contribution is 6.32. The summed E-state index contributed by atoms with van der Waals surface area (Å²) in [6.45, 7) is 0.231. The summed E-state index contributed by atoms with van der Waals surface area (Å²) in [6, 6.07) is 14.2. The van der Waals surface area contributed by atoms with Gasteiger partial charge in [0.15, 0.2) is 11.5 Å². The Morgan fingerprint density at radius 2 is 1.80 bits per heavy atom. The van der Waals surface area contributed by atoms with E-state index in [1.807, 2.05) is 30.3 Å². The van der Waals surface area contributed by atoms with Crippen LogP contribution in [0.1, 0.15) is 11.1 Å². The van der Waals surface area contributed by atoms with E-state index in [4.69, 9.17) is 26.8 Å². The van der Waals surface area contributed by atoms with E-state index in [0.717, 1.165) is 18.4 Å². The van der Waals surface area contributed by atoms with Crippen LogP contribution in [0.5, 0.6) is 11.5 Å². The Bertz CT molecular complexity index is 601. The zero-order chi connectivity index (χ0) is 13.9. The van der Waals surface area contributed by atoms with Crippen LogP contribution in [0.4, 0.5) is 0 Å². The standard InChI is InChI=1S/C16H16ClNO2/c17-14-8-12(9-15-16(14)20-10-19-15)7-13(18)6-11-4-2-1-3-5-11/h1-5,8-9,13H,6-7,10,18H2. The zero-order valence-corrected chi connectivity index (χ0v) is 11.8. The highest BCUT2D eigenvalue weighted by atomic mass is 35.5. The third kappa shape index (κ3) is 2.89. The number of halogens is 1. The molecule has 1 atom stereocenters. The first-order valence-corrected chi connectivity index (χ1v) is 6.97. The predicted molar refractivity (Wildman–Crippen MR) is 79.4 cm³/mol. The molecule has 0 saturated carbocycles. The third-order valence-corrected chi connectivity index (χ3v) is 3.61. The van der Waals surface area contributed by atoms with Gasteiger partial charge in [-0.25, -0.2) is 0 Å². The highest BCUT2D eigenvalue weighted by Gasteiger charge is 2.19. The lowest BCUT2D eigenvalue weighted by molar-refractivity contribution is 0.174. The summed E-state index contributed by atoms with van der Waals surface area (Å²) in [7, 11) is 0. The molecular weight excluding hydrogens is 274 g/mol. The van der Waals surface area contributed by atoms with Gasteiger partial charge >= 0.3 is 0 Å². The number of rotatable bonds is 4. The van der Waals surface area contributed by atoms with E-state index in [0.29, 0.717) is 16.5 Å². The minimum Gasteiger partial charge on any atom is -0.454 e. The Morgan fingerprint density at radius 1 is 1.05 bits per heavy atom.